The van der Waals surface area contributed by atoms with Crippen molar-refractivity contribution >= 4 is 13.7 Å². The second-order valence-electron chi connectivity index (χ2n) is 20.7. The summed E-state index contributed by atoms with van der Waals surface area (Å²) < 4.78 is 16.0. The summed E-state index contributed by atoms with van der Waals surface area (Å²) in [7, 11) is -4.72. The molecule has 0 rings (SSSR count). The van der Waals surface area contributed by atoms with Crippen LogP contribution in [0.4, 0.5) is 0 Å². The number of phosphoric ester groups is 1. The molecule has 66 heavy (non-hydrogen) atoms. The molecule has 0 aromatic rings. The number of amides is 1. The lowest BCUT2D eigenvalue weighted by Gasteiger charge is -2.22. The molecule has 0 aliphatic heterocycles. The molecule has 4 N–H and O–H groups in total. The van der Waals surface area contributed by atoms with Gasteiger partial charge >= 0.3 is 7.82 Å². The number of phosphoric acid groups is 1. The van der Waals surface area contributed by atoms with Crippen LogP contribution in [0.15, 0.2) is 12.2 Å². The van der Waals surface area contributed by atoms with Gasteiger partial charge in [-0.05, 0) is 19.3 Å². The van der Waals surface area contributed by atoms with Crippen molar-refractivity contribution in [3.8, 4) is 0 Å². The Hall–Kier alpha value is -0.720. The number of unbranched alkanes of at least 4 members (excludes halogenated alkanes) is 47. The van der Waals surface area contributed by atoms with Crippen LogP contribution in [0.5, 0.6) is 0 Å². The minimum absolute atomic E-state index is 0.218. The predicted octanol–water partition coefficient (Wildman–Crippen LogP) is 19.0. The van der Waals surface area contributed by atoms with Crippen LogP contribution < -0.4 is 5.32 Å². The van der Waals surface area contributed by atoms with Gasteiger partial charge in [-0.2, -0.15) is 0 Å². The minimum atomic E-state index is -4.72. The maximum absolute atomic E-state index is 12.7. The lowest BCUT2D eigenvalue weighted by atomic mass is 10.0. The van der Waals surface area contributed by atoms with E-state index in [4.69, 9.17) is 0 Å². The highest BCUT2D eigenvalue weighted by Crippen LogP contribution is 2.36. The third-order valence-corrected chi connectivity index (χ3v) is 14.5. The third kappa shape index (κ3) is 54.2. The number of hydrogen-bond donors (Lipinski definition) is 4. The van der Waals surface area contributed by atoms with Gasteiger partial charge in [0.15, 0.2) is 0 Å². The van der Waals surface area contributed by atoms with Crippen LogP contribution >= 0.6 is 7.82 Å². The Bertz CT molecular complexity index is 1040. The van der Waals surface area contributed by atoms with Crippen molar-refractivity contribution in [2.45, 2.75) is 347 Å². The van der Waals surface area contributed by atoms with Gasteiger partial charge in [0.1, 0.15) is 0 Å². The fourth-order valence-electron chi connectivity index (χ4n) is 9.52. The molecule has 0 aromatic carbocycles. The van der Waals surface area contributed by atoms with E-state index in [0.717, 1.165) is 38.5 Å². The van der Waals surface area contributed by atoms with Gasteiger partial charge in [-0.15, -0.1) is 0 Å². The summed E-state index contributed by atoms with van der Waals surface area (Å²) in [5.41, 5.74) is 0. The van der Waals surface area contributed by atoms with E-state index in [2.05, 4.69) is 23.7 Å². The summed E-state index contributed by atoms with van der Waals surface area (Å²) in [5.74, 6) is -0.218. The van der Waals surface area contributed by atoms with Gasteiger partial charge in [-0.25, -0.2) is 4.57 Å². The van der Waals surface area contributed by atoms with Crippen LogP contribution in [0.25, 0.3) is 0 Å². The molecule has 2 atom stereocenters. The van der Waals surface area contributed by atoms with Gasteiger partial charge < -0.3 is 20.2 Å². The molecule has 1 amide bonds. The quantitative estimate of drug-likeness (QED) is 0.0274. The van der Waals surface area contributed by atoms with Gasteiger partial charge in [0.2, 0.25) is 5.91 Å². The topological polar surface area (TPSA) is 116 Å². The number of carbonyl (C=O) groups excluding carboxylic acids is 1. The zero-order valence-electron chi connectivity index (χ0n) is 44.4. The lowest BCUT2D eigenvalue weighted by Crippen LogP contribution is -2.45. The zero-order chi connectivity index (χ0) is 48.1. The minimum Gasteiger partial charge on any atom is -0.387 e. The molecule has 0 saturated heterocycles. The Morgan fingerprint density at radius 2 is 0.667 bits per heavy atom. The van der Waals surface area contributed by atoms with Crippen LogP contribution in [0.2, 0.25) is 0 Å². The van der Waals surface area contributed by atoms with Crippen molar-refractivity contribution in [1.82, 2.24) is 5.32 Å². The maximum Gasteiger partial charge on any atom is 0.469 e. The highest BCUT2D eigenvalue weighted by Gasteiger charge is 2.24. The molecule has 0 unspecified atom stereocenters. The number of rotatable bonds is 56. The van der Waals surface area contributed by atoms with Crippen molar-refractivity contribution < 1.29 is 28.8 Å². The second-order valence-corrected chi connectivity index (χ2v) is 21.9. The number of nitrogens with one attached hydrogen (secondary N) is 1. The maximum atomic E-state index is 12.7. The van der Waals surface area contributed by atoms with Crippen molar-refractivity contribution in [2.24, 2.45) is 0 Å². The molecule has 394 valence electrons. The molecular formula is C58H116NO6P. The van der Waals surface area contributed by atoms with E-state index in [0.29, 0.717) is 6.42 Å². The Morgan fingerprint density at radius 3 is 0.924 bits per heavy atom. The number of hydrogen-bond acceptors (Lipinski definition) is 4. The normalized spacial score (nSPS) is 13.0. The predicted molar refractivity (Wildman–Crippen MR) is 287 cm³/mol. The van der Waals surface area contributed by atoms with Crippen molar-refractivity contribution in [3.63, 3.8) is 0 Å². The van der Waals surface area contributed by atoms with Crippen LogP contribution in [0.3, 0.4) is 0 Å². The molecule has 0 aliphatic rings. The Balaban J connectivity index is 3.62. The largest absolute Gasteiger partial charge is 0.469 e. The Morgan fingerprint density at radius 1 is 0.424 bits per heavy atom. The number of aliphatic hydroxyl groups is 1. The van der Waals surface area contributed by atoms with Gasteiger partial charge in [0, 0.05) is 6.42 Å². The van der Waals surface area contributed by atoms with Crippen LogP contribution in [0, 0.1) is 0 Å². The van der Waals surface area contributed by atoms with Gasteiger partial charge in [0.25, 0.3) is 0 Å². The molecule has 0 saturated carbocycles. The molecule has 0 bridgehead atoms. The third-order valence-electron chi connectivity index (χ3n) is 14.0. The molecule has 0 heterocycles. The smallest absolute Gasteiger partial charge is 0.387 e. The second kappa shape index (κ2) is 53.6. The summed E-state index contributed by atoms with van der Waals surface area (Å²) >= 11 is 0. The number of carbonyl (C=O) groups is 1. The first-order valence-electron chi connectivity index (χ1n) is 29.6. The molecular weight excluding hydrogens is 838 g/mol. The van der Waals surface area contributed by atoms with E-state index >= 15 is 0 Å². The molecule has 0 aliphatic carbocycles. The molecule has 0 fully saturated rings. The fraction of sp³-hybridized carbons (Fsp3) is 0.948. The summed E-state index contributed by atoms with van der Waals surface area (Å²) in [4.78, 5) is 31.1. The van der Waals surface area contributed by atoms with Crippen LogP contribution in [0.1, 0.15) is 335 Å². The molecule has 0 aromatic heterocycles. The first-order chi connectivity index (χ1) is 32.3. The monoisotopic (exact) mass is 954 g/mol. The SMILES string of the molecule is CCCCCCCCCCCCCCC/C=C/[C@@H](O)[C@H](COP(=O)(O)O)NC(=O)CCCCCCCCCCCCCCCCCCCCCCCCCCCCCCCCCCCCC. The lowest BCUT2D eigenvalue weighted by molar-refractivity contribution is -0.123. The summed E-state index contributed by atoms with van der Waals surface area (Å²) in [5, 5.41) is 13.5. The molecule has 7 nitrogen and oxygen atoms in total. The van der Waals surface area contributed by atoms with E-state index in [1.807, 2.05) is 6.08 Å². The van der Waals surface area contributed by atoms with Crippen molar-refractivity contribution in [2.75, 3.05) is 6.61 Å². The highest BCUT2D eigenvalue weighted by atomic mass is 31.2. The molecule has 0 spiro atoms. The Labute approximate surface area is 412 Å². The van der Waals surface area contributed by atoms with Gasteiger partial charge in [0.05, 0.1) is 18.8 Å². The van der Waals surface area contributed by atoms with Gasteiger partial charge in [-0.1, -0.05) is 321 Å². The number of allylic oxidation sites excluding steroid dienone is 1. The Kier molecular flexibility index (Phi) is 53.0. The standard InChI is InChI=1S/C58H116NO6P/c1-3-5-7-9-11-13-15-17-19-20-21-22-23-24-25-26-27-28-29-30-31-32-33-34-35-36-37-38-40-42-44-46-48-50-52-54-58(61)59-56(55-65-66(62,63)64)57(60)53-51-49-47-45-43-41-39-18-16-14-12-10-8-6-4-2/h51,53,56-57,60H,3-50,52,54-55H2,1-2H3,(H,59,61)(H2,62,63,64)/b53-51+/t56-,57+/m0/s1. The number of aliphatic hydroxyl groups excluding tert-OH is 1. The summed E-state index contributed by atoms with van der Waals surface area (Å²) in [6.07, 6.45) is 68.8. The first kappa shape index (κ1) is 65.3. The van der Waals surface area contributed by atoms with E-state index in [1.165, 1.54) is 276 Å². The van der Waals surface area contributed by atoms with Crippen LogP contribution in [-0.4, -0.2) is 39.6 Å². The van der Waals surface area contributed by atoms with Crippen LogP contribution in [-0.2, 0) is 13.9 Å². The average molecular weight is 955 g/mol. The van der Waals surface area contributed by atoms with Crippen molar-refractivity contribution in [1.29, 1.82) is 0 Å². The molecule has 0 radical (unpaired) electrons. The zero-order valence-corrected chi connectivity index (χ0v) is 45.3. The highest BCUT2D eigenvalue weighted by molar-refractivity contribution is 7.46. The van der Waals surface area contributed by atoms with E-state index < -0.39 is 26.6 Å². The average Bonchev–Trinajstić information content (AvgIpc) is 3.30. The molecule has 8 heteroatoms. The van der Waals surface area contributed by atoms with E-state index in [-0.39, 0.29) is 5.91 Å². The van der Waals surface area contributed by atoms with E-state index in [1.54, 1.807) is 6.08 Å². The summed E-state index contributed by atoms with van der Waals surface area (Å²) in [6, 6.07) is -0.906. The van der Waals surface area contributed by atoms with Gasteiger partial charge in [-0.3, -0.25) is 9.32 Å². The first-order valence-corrected chi connectivity index (χ1v) is 31.2. The summed E-state index contributed by atoms with van der Waals surface area (Å²) in [6.45, 7) is 4.12. The fourth-order valence-corrected chi connectivity index (χ4v) is 9.88. The van der Waals surface area contributed by atoms with Crippen molar-refractivity contribution in [3.05, 3.63) is 12.2 Å². The van der Waals surface area contributed by atoms with E-state index in [9.17, 15) is 24.3 Å².